The van der Waals surface area contributed by atoms with E-state index in [1.165, 1.54) is 30.3 Å². The van der Waals surface area contributed by atoms with Crippen LogP contribution < -0.4 is 0 Å². The Hall–Kier alpha value is -1.24. The highest BCUT2D eigenvalue weighted by Gasteiger charge is 2.21. The molecule has 3 rings (SSSR count). The zero-order valence-electron chi connectivity index (χ0n) is 7.53. The minimum absolute atomic E-state index is 0.944. The van der Waals surface area contributed by atoms with E-state index in [2.05, 4.69) is 35.0 Å². The predicted octanol–water partition coefficient (Wildman–Crippen LogP) is 2.85. The topological polar surface area (TPSA) is 4.93 Å². The first-order chi connectivity index (χ1) is 6.43. The molecule has 13 heavy (non-hydrogen) atoms. The van der Waals surface area contributed by atoms with Crippen LogP contribution in [0.15, 0.2) is 30.5 Å². The summed E-state index contributed by atoms with van der Waals surface area (Å²) in [7, 11) is 0. The number of hydrogen-bond donors (Lipinski definition) is 0. The molecule has 1 heteroatoms. The van der Waals surface area contributed by atoms with Crippen molar-refractivity contribution in [2.45, 2.75) is 19.4 Å². The van der Waals surface area contributed by atoms with Crippen LogP contribution in [0.1, 0.15) is 12.8 Å². The van der Waals surface area contributed by atoms with Gasteiger partial charge in [0, 0.05) is 23.6 Å². The van der Waals surface area contributed by atoms with Crippen molar-refractivity contribution in [3.63, 3.8) is 0 Å². The van der Waals surface area contributed by atoms with Gasteiger partial charge >= 0.3 is 0 Å². The maximum Gasteiger partial charge on any atom is 0.0480 e. The van der Waals surface area contributed by atoms with Crippen LogP contribution >= 0.6 is 0 Å². The van der Waals surface area contributed by atoms with Gasteiger partial charge in [0.05, 0.1) is 0 Å². The fourth-order valence-corrected chi connectivity index (χ4v) is 1.82. The average Bonchev–Trinajstić information content (AvgIpc) is 2.88. The third-order valence-corrected chi connectivity index (χ3v) is 2.77. The van der Waals surface area contributed by atoms with E-state index in [1.807, 2.05) is 6.07 Å². The number of rotatable bonds is 2. The Morgan fingerprint density at radius 2 is 2.31 bits per heavy atom. The molecule has 0 spiro atoms. The van der Waals surface area contributed by atoms with Crippen molar-refractivity contribution in [3.8, 4) is 0 Å². The molecular formula is C12H12N. The zero-order chi connectivity index (χ0) is 8.67. The molecule has 0 N–H and O–H groups in total. The minimum atomic E-state index is 0.944. The summed E-state index contributed by atoms with van der Waals surface area (Å²) < 4.78 is 2.36. The maximum absolute atomic E-state index is 3.10. The zero-order valence-corrected chi connectivity index (χ0v) is 7.53. The van der Waals surface area contributed by atoms with Crippen molar-refractivity contribution in [2.75, 3.05) is 0 Å². The highest BCUT2D eigenvalue weighted by atomic mass is 15.0. The van der Waals surface area contributed by atoms with Crippen molar-refractivity contribution >= 4 is 10.9 Å². The van der Waals surface area contributed by atoms with Crippen LogP contribution in [-0.2, 0) is 6.54 Å². The summed E-state index contributed by atoms with van der Waals surface area (Å²) >= 11 is 0. The Balaban J connectivity index is 2.06. The highest BCUT2D eigenvalue weighted by molar-refractivity contribution is 5.79. The predicted molar refractivity (Wildman–Crippen MR) is 53.5 cm³/mol. The van der Waals surface area contributed by atoms with Crippen LogP contribution in [0.2, 0.25) is 0 Å². The highest BCUT2D eigenvalue weighted by Crippen LogP contribution is 2.31. The van der Waals surface area contributed by atoms with E-state index in [1.54, 1.807) is 0 Å². The van der Waals surface area contributed by atoms with Gasteiger partial charge in [-0.1, -0.05) is 6.07 Å². The second kappa shape index (κ2) is 2.63. The lowest BCUT2D eigenvalue weighted by Crippen LogP contribution is -1.96. The smallest absolute Gasteiger partial charge is 0.0480 e. The van der Waals surface area contributed by atoms with Crippen molar-refractivity contribution < 1.29 is 0 Å². The molecule has 1 aliphatic rings. The Bertz CT molecular complexity index is 423. The standard InChI is InChI=1S/C12H12N/c1-2-4-12-11(3-1)7-8-13(12)9-10-5-6-10/h2-4,7-8,10H,5-6,9H2. The van der Waals surface area contributed by atoms with E-state index < -0.39 is 0 Å². The molecule has 0 bridgehead atoms. The lowest BCUT2D eigenvalue weighted by Gasteiger charge is -2.02. The van der Waals surface area contributed by atoms with E-state index in [0.717, 1.165) is 5.92 Å². The quantitative estimate of drug-likeness (QED) is 0.653. The molecule has 1 nitrogen and oxygen atoms in total. The van der Waals surface area contributed by atoms with Crippen molar-refractivity contribution in [2.24, 2.45) is 5.92 Å². The van der Waals surface area contributed by atoms with E-state index in [-0.39, 0.29) is 0 Å². The molecule has 1 radical (unpaired) electrons. The van der Waals surface area contributed by atoms with Crippen LogP contribution in [0.25, 0.3) is 10.9 Å². The molecule has 1 aromatic carbocycles. The number of aromatic nitrogens is 1. The third-order valence-electron chi connectivity index (χ3n) is 2.77. The number of fused-ring (bicyclic) bond motifs is 1. The van der Waals surface area contributed by atoms with E-state index in [0.29, 0.717) is 0 Å². The first kappa shape index (κ1) is 7.19. The van der Waals surface area contributed by atoms with Gasteiger partial charge in [-0.15, -0.1) is 0 Å². The number of benzene rings is 1. The second-order valence-electron chi connectivity index (χ2n) is 3.90. The van der Waals surface area contributed by atoms with Gasteiger partial charge in [0.25, 0.3) is 0 Å². The normalized spacial score (nSPS) is 16.6. The summed E-state index contributed by atoms with van der Waals surface area (Å²) in [5, 5.41) is 1.31. The van der Waals surface area contributed by atoms with E-state index in [4.69, 9.17) is 0 Å². The van der Waals surface area contributed by atoms with Crippen LogP contribution in [0.5, 0.6) is 0 Å². The maximum atomic E-state index is 3.10. The summed E-state index contributed by atoms with van der Waals surface area (Å²) in [4.78, 5) is 0. The van der Waals surface area contributed by atoms with Gasteiger partial charge in [-0.2, -0.15) is 0 Å². The Morgan fingerprint density at radius 3 is 3.15 bits per heavy atom. The van der Waals surface area contributed by atoms with Gasteiger partial charge < -0.3 is 4.57 Å². The Morgan fingerprint density at radius 1 is 1.38 bits per heavy atom. The summed E-state index contributed by atoms with van der Waals surface area (Å²) in [5.74, 6) is 0.944. The summed E-state index contributed by atoms with van der Waals surface area (Å²) in [6, 6.07) is 11.5. The largest absolute Gasteiger partial charge is 0.347 e. The Kier molecular flexibility index (Phi) is 1.45. The monoisotopic (exact) mass is 170 g/mol. The van der Waals surface area contributed by atoms with Gasteiger partial charge in [0.15, 0.2) is 0 Å². The fraction of sp³-hybridized carbons (Fsp3) is 0.333. The SMILES string of the molecule is [c]1ccc2c(c1)ccn2CC1CC1. The third kappa shape index (κ3) is 1.24. The molecule has 1 saturated carbocycles. The molecule has 2 aromatic rings. The first-order valence-electron chi connectivity index (χ1n) is 4.88. The molecule has 65 valence electrons. The molecule has 1 heterocycles. The fourth-order valence-electron chi connectivity index (χ4n) is 1.82. The minimum Gasteiger partial charge on any atom is -0.347 e. The van der Waals surface area contributed by atoms with Gasteiger partial charge in [0.2, 0.25) is 0 Å². The molecule has 1 aromatic heterocycles. The van der Waals surface area contributed by atoms with Crippen molar-refractivity contribution in [1.82, 2.24) is 4.57 Å². The first-order valence-corrected chi connectivity index (χ1v) is 4.88. The van der Waals surface area contributed by atoms with Crippen LogP contribution in [0, 0.1) is 12.0 Å². The van der Waals surface area contributed by atoms with Gasteiger partial charge in [-0.05, 0) is 43.0 Å². The lowest BCUT2D eigenvalue weighted by molar-refractivity contribution is 0.647. The molecule has 0 atom stereocenters. The Labute approximate surface area is 78.0 Å². The molecule has 1 fully saturated rings. The number of nitrogens with zero attached hydrogens (tertiary/aromatic N) is 1. The number of hydrogen-bond acceptors (Lipinski definition) is 0. The van der Waals surface area contributed by atoms with Gasteiger partial charge in [-0.3, -0.25) is 0 Å². The second-order valence-corrected chi connectivity index (χ2v) is 3.90. The van der Waals surface area contributed by atoms with Crippen molar-refractivity contribution in [3.05, 3.63) is 36.5 Å². The summed E-state index contributed by atoms with van der Waals surface area (Å²) in [6.45, 7) is 1.20. The van der Waals surface area contributed by atoms with Gasteiger partial charge in [0.1, 0.15) is 0 Å². The summed E-state index contributed by atoms with van der Waals surface area (Å²) in [6.07, 6.45) is 5.02. The molecule has 0 aliphatic heterocycles. The molecule has 0 amide bonds. The molecule has 0 unspecified atom stereocenters. The lowest BCUT2D eigenvalue weighted by atomic mass is 10.2. The summed E-state index contributed by atoms with van der Waals surface area (Å²) in [5.41, 5.74) is 1.35. The van der Waals surface area contributed by atoms with E-state index >= 15 is 0 Å². The van der Waals surface area contributed by atoms with Gasteiger partial charge in [-0.25, -0.2) is 0 Å². The molecule has 0 saturated heterocycles. The van der Waals surface area contributed by atoms with Crippen LogP contribution in [0.3, 0.4) is 0 Å². The van der Waals surface area contributed by atoms with Crippen LogP contribution in [-0.4, -0.2) is 4.57 Å². The molecule has 1 aliphatic carbocycles. The van der Waals surface area contributed by atoms with Crippen molar-refractivity contribution in [1.29, 1.82) is 0 Å². The van der Waals surface area contributed by atoms with E-state index in [9.17, 15) is 0 Å². The van der Waals surface area contributed by atoms with Crippen LogP contribution in [0.4, 0.5) is 0 Å². The molecular weight excluding hydrogens is 158 g/mol. The average molecular weight is 170 g/mol.